The molecule has 4 aromatic rings. The first-order chi connectivity index (χ1) is 19.5. The molecule has 4 rings (SSSR count). The SMILES string of the molecule is Cc1ccc(S(=O)(=O)Nc2ccc(C(=O)Nc3ccc(S(=O)(=O)Nc4ccc(Cl)c(C(F)(F)F)c4)cc3)c(Cl)c2)cc1. The highest BCUT2D eigenvalue weighted by molar-refractivity contribution is 7.93. The van der Waals surface area contributed by atoms with Crippen molar-refractivity contribution >= 4 is 66.2 Å². The molecule has 0 aliphatic carbocycles. The van der Waals surface area contributed by atoms with E-state index in [2.05, 4.69) is 14.8 Å². The van der Waals surface area contributed by atoms with Crippen molar-refractivity contribution in [3.8, 4) is 0 Å². The van der Waals surface area contributed by atoms with E-state index in [1.165, 1.54) is 42.5 Å². The monoisotopic (exact) mass is 657 g/mol. The van der Waals surface area contributed by atoms with Crippen molar-refractivity contribution < 1.29 is 34.8 Å². The largest absolute Gasteiger partial charge is 0.417 e. The van der Waals surface area contributed by atoms with E-state index in [-0.39, 0.29) is 37.4 Å². The van der Waals surface area contributed by atoms with Gasteiger partial charge in [0, 0.05) is 11.4 Å². The maximum atomic E-state index is 13.1. The van der Waals surface area contributed by atoms with Crippen molar-refractivity contribution in [2.75, 3.05) is 14.8 Å². The average Bonchev–Trinajstić information content (AvgIpc) is 2.89. The van der Waals surface area contributed by atoms with Crippen molar-refractivity contribution in [2.24, 2.45) is 0 Å². The lowest BCUT2D eigenvalue weighted by Crippen LogP contribution is -2.16. The molecule has 8 nitrogen and oxygen atoms in total. The van der Waals surface area contributed by atoms with Gasteiger partial charge in [0.1, 0.15) is 0 Å². The van der Waals surface area contributed by atoms with Gasteiger partial charge in [0.15, 0.2) is 0 Å². The molecule has 15 heteroatoms. The van der Waals surface area contributed by atoms with Crippen LogP contribution in [0.2, 0.25) is 10.0 Å². The Hall–Kier alpha value is -3.78. The quantitative estimate of drug-likeness (QED) is 0.185. The minimum absolute atomic E-state index is 0.0107. The van der Waals surface area contributed by atoms with Gasteiger partial charge in [-0.25, -0.2) is 16.8 Å². The summed E-state index contributed by atoms with van der Waals surface area (Å²) in [5, 5.41) is 1.91. The van der Waals surface area contributed by atoms with Crippen LogP contribution in [0.1, 0.15) is 21.5 Å². The fourth-order valence-electron chi connectivity index (χ4n) is 3.63. The predicted molar refractivity (Wildman–Crippen MR) is 155 cm³/mol. The number of amides is 1. The van der Waals surface area contributed by atoms with Crippen LogP contribution in [0.4, 0.5) is 30.2 Å². The molecule has 42 heavy (non-hydrogen) atoms. The number of hydrogen-bond acceptors (Lipinski definition) is 5. The first kappa shape index (κ1) is 31.2. The summed E-state index contributed by atoms with van der Waals surface area (Å²) in [6.45, 7) is 1.82. The summed E-state index contributed by atoms with van der Waals surface area (Å²) >= 11 is 11.8. The van der Waals surface area contributed by atoms with Crippen molar-refractivity contribution in [3.63, 3.8) is 0 Å². The molecule has 0 aliphatic rings. The van der Waals surface area contributed by atoms with Crippen LogP contribution in [0, 0.1) is 6.92 Å². The fourth-order valence-corrected chi connectivity index (χ4v) is 6.22. The first-order valence-corrected chi connectivity index (χ1v) is 15.5. The molecule has 0 saturated heterocycles. The molecule has 220 valence electrons. The van der Waals surface area contributed by atoms with Gasteiger partial charge in [-0.3, -0.25) is 14.2 Å². The van der Waals surface area contributed by atoms with Crippen LogP contribution in [0.3, 0.4) is 0 Å². The van der Waals surface area contributed by atoms with Crippen LogP contribution in [0.5, 0.6) is 0 Å². The van der Waals surface area contributed by atoms with Gasteiger partial charge < -0.3 is 5.32 Å². The van der Waals surface area contributed by atoms with Crippen molar-refractivity contribution in [1.82, 2.24) is 0 Å². The van der Waals surface area contributed by atoms with Crippen LogP contribution < -0.4 is 14.8 Å². The molecule has 4 aromatic carbocycles. The zero-order valence-corrected chi connectivity index (χ0v) is 24.5. The Bertz CT molecular complexity index is 1870. The van der Waals surface area contributed by atoms with E-state index in [1.54, 1.807) is 12.1 Å². The Labute approximate surface area is 249 Å². The number of carbonyl (C=O) groups is 1. The standard InChI is InChI=1S/C27H20Cl2F3N3O5S2/c1-16-2-8-20(9-3-16)41(37,38)35-19-6-12-22(25(29)15-19)26(36)33-17-4-10-21(11-5-17)42(39,40)34-18-7-13-24(28)23(14-18)27(30,31)32/h2-15,34-35H,1H3,(H,33,36). The highest BCUT2D eigenvalue weighted by atomic mass is 35.5. The van der Waals surface area contributed by atoms with E-state index in [9.17, 15) is 34.8 Å². The number of anilines is 3. The molecule has 0 bridgehead atoms. The highest BCUT2D eigenvalue weighted by Gasteiger charge is 2.33. The van der Waals surface area contributed by atoms with Crippen LogP contribution in [0.25, 0.3) is 0 Å². The molecule has 0 fully saturated rings. The highest BCUT2D eigenvalue weighted by Crippen LogP contribution is 2.36. The Morgan fingerprint density at radius 1 is 0.667 bits per heavy atom. The molecule has 0 aliphatic heterocycles. The molecule has 0 saturated carbocycles. The lowest BCUT2D eigenvalue weighted by Gasteiger charge is -2.13. The molecular weight excluding hydrogens is 638 g/mol. The van der Waals surface area contributed by atoms with Crippen LogP contribution in [-0.2, 0) is 26.2 Å². The fraction of sp³-hybridized carbons (Fsp3) is 0.0741. The van der Waals surface area contributed by atoms with Gasteiger partial charge in [-0.1, -0.05) is 40.9 Å². The molecule has 0 unspecified atom stereocenters. The van der Waals surface area contributed by atoms with Crippen molar-refractivity contribution in [1.29, 1.82) is 0 Å². The Morgan fingerprint density at radius 3 is 1.67 bits per heavy atom. The maximum absolute atomic E-state index is 13.1. The number of hydrogen-bond donors (Lipinski definition) is 3. The van der Waals surface area contributed by atoms with Crippen LogP contribution >= 0.6 is 23.2 Å². The van der Waals surface area contributed by atoms with E-state index < -0.39 is 42.7 Å². The predicted octanol–water partition coefficient (Wildman–Crippen LogP) is 7.17. The number of carbonyl (C=O) groups excluding carboxylic acids is 1. The second kappa shape index (κ2) is 11.8. The average molecular weight is 659 g/mol. The van der Waals surface area contributed by atoms with E-state index in [4.69, 9.17) is 23.2 Å². The van der Waals surface area contributed by atoms with Gasteiger partial charge in [0.2, 0.25) is 0 Å². The lowest BCUT2D eigenvalue weighted by molar-refractivity contribution is -0.137. The third kappa shape index (κ3) is 7.34. The molecule has 3 N–H and O–H groups in total. The topological polar surface area (TPSA) is 121 Å². The molecule has 0 radical (unpaired) electrons. The number of sulfonamides is 2. The summed E-state index contributed by atoms with van der Waals surface area (Å²) in [5.41, 5.74) is -0.328. The maximum Gasteiger partial charge on any atom is 0.417 e. The second-order valence-electron chi connectivity index (χ2n) is 8.89. The first-order valence-electron chi connectivity index (χ1n) is 11.8. The van der Waals surface area contributed by atoms with Crippen molar-refractivity contribution in [3.05, 3.63) is 112 Å². The number of rotatable bonds is 8. The van der Waals surface area contributed by atoms with Gasteiger partial charge in [0.05, 0.1) is 36.7 Å². The normalized spacial score (nSPS) is 12.0. The molecule has 1 amide bonds. The summed E-state index contributed by atoms with van der Waals surface area (Å²) < 4.78 is 94.4. The minimum atomic E-state index is -4.78. The third-order valence-electron chi connectivity index (χ3n) is 5.74. The van der Waals surface area contributed by atoms with E-state index in [1.807, 2.05) is 6.92 Å². The summed E-state index contributed by atoms with van der Waals surface area (Å²) in [5.74, 6) is -0.664. The van der Waals surface area contributed by atoms with Gasteiger partial charge in [-0.2, -0.15) is 13.2 Å². The number of aryl methyl sites for hydroxylation is 1. The summed E-state index contributed by atoms with van der Waals surface area (Å²) in [6.07, 6.45) is -4.78. The number of nitrogens with one attached hydrogen (secondary N) is 3. The van der Waals surface area contributed by atoms with Gasteiger partial charge in [0.25, 0.3) is 26.0 Å². The Kier molecular flexibility index (Phi) is 8.78. The lowest BCUT2D eigenvalue weighted by atomic mass is 10.2. The van der Waals surface area contributed by atoms with E-state index in [0.29, 0.717) is 6.07 Å². The van der Waals surface area contributed by atoms with Gasteiger partial charge in [-0.05, 0) is 79.7 Å². The summed E-state index contributed by atoms with van der Waals surface area (Å²) in [6, 6.07) is 17.6. The Balaban J connectivity index is 1.44. The van der Waals surface area contributed by atoms with Crippen molar-refractivity contribution in [2.45, 2.75) is 22.9 Å². The Morgan fingerprint density at radius 2 is 1.14 bits per heavy atom. The number of alkyl halides is 3. The smallest absolute Gasteiger partial charge is 0.322 e. The summed E-state index contributed by atoms with van der Waals surface area (Å²) in [7, 11) is -8.18. The zero-order chi connectivity index (χ0) is 30.9. The molecule has 0 aromatic heterocycles. The van der Waals surface area contributed by atoms with E-state index in [0.717, 1.165) is 29.8 Å². The van der Waals surface area contributed by atoms with Gasteiger partial charge >= 0.3 is 6.18 Å². The second-order valence-corrected chi connectivity index (χ2v) is 13.1. The molecule has 0 spiro atoms. The molecule has 0 atom stereocenters. The van der Waals surface area contributed by atoms with Crippen LogP contribution in [0.15, 0.2) is 94.7 Å². The third-order valence-corrected chi connectivity index (χ3v) is 9.18. The molecular formula is C27H20Cl2F3N3O5S2. The van der Waals surface area contributed by atoms with Crippen LogP contribution in [-0.4, -0.2) is 22.7 Å². The molecule has 0 heterocycles. The number of halogens is 5. The van der Waals surface area contributed by atoms with Gasteiger partial charge in [-0.15, -0.1) is 0 Å². The summed E-state index contributed by atoms with van der Waals surface area (Å²) in [4.78, 5) is 12.5. The number of benzene rings is 4. The van der Waals surface area contributed by atoms with E-state index >= 15 is 0 Å². The minimum Gasteiger partial charge on any atom is -0.322 e. The zero-order valence-electron chi connectivity index (χ0n) is 21.3.